The minimum Gasteiger partial charge on any atom is -0.496 e. The van der Waals surface area contributed by atoms with Crippen molar-refractivity contribution in [3.8, 4) is 57.5 Å². The van der Waals surface area contributed by atoms with E-state index < -0.39 is 54.0 Å². The van der Waals surface area contributed by atoms with Gasteiger partial charge in [-0.2, -0.15) is 0 Å². The van der Waals surface area contributed by atoms with Crippen LogP contribution in [0.1, 0.15) is 50.1 Å². The van der Waals surface area contributed by atoms with Crippen LogP contribution >= 0.6 is 0 Å². The average molecular weight is 1050 g/mol. The average Bonchev–Trinajstić information content (AvgIpc) is 3.34. The van der Waals surface area contributed by atoms with E-state index >= 15 is 0 Å². The molecule has 10 bridgehead atoms. The normalized spacial score (nSPS) is 19.1. The Bertz CT molecular complexity index is 2790. The smallest absolute Gasteiger partial charge is 0.135 e. The molecular formula is C49H58O15S5. The highest BCUT2D eigenvalue weighted by atomic mass is 32.2. The van der Waals surface area contributed by atoms with Crippen molar-refractivity contribution in [3.05, 3.63) is 111 Å². The lowest BCUT2D eigenvalue weighted by molar-refractivity contribution is 0.390. The molecule has 0 N–H and O–H groups in total. The Morgan fingerprint density at radius 3 is 0.594 bits per heavy atom. The van der Waals surface area contributed by atoms with Crippen LogP contribution in [0.5, 0.6) is 57.5 Å². The maximum atomic E-state index is 14.2. The Hall–Kier alpha value is -5.15. The summed E-state index contributed by atoms with van der Waals surface area (Å²) >= 11 is 0. The van der Waals surface area contributed by atoms with Crippen molar-refractivity contribution in [2.24, 2.45) is 0 Å². The van der Waals surface area contributed by atoms with Crippen molar-refractivity contribution in [1.29, 1.82) is 0 Å². The first-order valence-electron chi connectivity index (χ1n) is 21.2. The van der Waals surface area contributed by atoms with E-state index in [9.17, 15) is 21.0 Å². The zero-order valence-electron chi connectivity index (χ0n) is 40.3. The molecule has 374 valence electrons. The molecule has 5 atom stereocenters. The number of hydrogen-bond donors (Lipinski definition) is 0. The van der Waals surface area contributed by atoms with Crippen LogP contribution in [0.4, 0.5) is 0 Å². The second kappa shape index (κ2) is 24.6. The molecule has 0 aromatic heterocycles. The quantitative estimate of drug-likeness (QED) is 0.137. The summed E-state index contributed by atoms with van der Waals surface area (Å²) in [4.78, 5) is 0.350. The summed E-state index contributed by atoms with van der Waals surface area (Å²) in [6.07, 6.45) is 0. The standard InChI is InChI=1S/C49H58O15S5/c1-55-39-12-31-22-66(51)24-33-15-44(60-6)35(16-43(33)59-5)26-68(53)28-37-19-48(64-10)49(20-47(37)63-9)69(54)29-38-18-45(61-7)36(17-46(38)62-8)27-67(52)25-34-14-41(57-3)32(13-42(34)58-4)23-65(50)21-30(39)11-40(31)56-2/h11-20H,21-29H2,1-10H3/t65?,66?,67?,68?,69-/m1/s1. The number of hydrogen-bond acceptors (Lipinski definition) is 15. The number of benzene rings is 5. The second-order valence-corrected chi connectivity index (χ2v) is 22.9. The Morgan fingerprint density at radius 1 is 0.246 bits per heavy atom. The monoisotopic (exact) mass is 1050 g/mol. The van der Waals surface area contributed by atoms with Crippen molar-refractivity contribution in [1.82, 2.24) is 0 Å². The minimum atomic E-state index is -1.70. The molecule has 8 aliphatic rings. The van der Waals surface area contributed by atoms with Gasteiger partial charge in [0, 0.05) is 99.3 Å². The molecule has 0 aliphatic carbocycles. The van der Waals surface area contributed by atoms with Gasteiger partial charge in [0.2, 0.25) is 0 Å². The molecule has 20 heteroatoms. The first kappa shape index (κ1) is 53.2. The molecular weight excluding hydrogens is 989 g/mol. The zero-order valence-corrected chi connectivity index (χ0v) is 44.4. The number of rotatable bonds is 10. The molecule has 8 aliphatic heterocycles. The Morgan fingerprint density at radius 2 is 0.406 bits per heavy atom. The van der Waals surface area contributed by atoms with Gasteiger partial charge in [-0.25, -0.2) is 0 Å². The Balaban J connectivity index is 1.42. The van der Waals surface area contributed by atoms with Crippen molar-refractivity contribution >= 4 is 54.0 Å². The molecule has 0 amide bonds. The predicted molar refractivity (Wildman–Crippen MR) is 270 cm³/mol. The first-order chi connectivity index (χ1) is 33.2. The SMILES string of the molecule is COc1cc2c(OC)cc1CS(=O)Cc1cc(OC)c(cc1OC)CS(=O)Cc1cc(OC)c(cc1OC)C[S@@](=O)c1cc(OC)c(cc1OC)CS(=O)Cc1cc(OC)c(cc1OC)CS(=O)C2. The van der Waals surface area contributed by atoms with Crippen molar-refractivity contribution < 1.29 is 68.4 Å². The van der Waals surface area contributed by atoms with Crippen molar-refractivity contribution in [2.75, 3.05) is 71.1 Å². The minimum absolute atomic E-state index is 0.000929. The maximum absolute atomic E-state index is 14.2. The van der Waals surface area contributed by atoms with Gasteiger partial charge in [-0.05, 0) is 54.6 Å². The lowest BCUT2D eigenvalue weighted by atomic mass is 10.1. The molecule has 5 aromatic carbocycles. The van der Waals surface area contributed by atoms with Crippen LogP contribution in [0.15, 0.2) is 65.6 Å². The lowest BCUT2D eigenvalue weighted by Gasteiger charge is -2.18. The summed E-state index contributed by atoms with van der Waals surface area (Å²) in [5.74, 6) is 4.95. The maximum Gasteiger partial charge on any atom is 0.135 e. The van der Waals surface area contributed by atoms with E-state index in [2.05, 4.69) is 0 Å². The third-order valence-electron chi connectivity index (χ3n) is 11.4. The fourth-order valence-electron chi connectivity index (χ4n) is 8.03. The fraction of sp³-hybridized carbons (Fsp3) is 0.388. The summed E-state index contributed by atoms with van der Waals surface area (Å²) in [5, 5.41) is 0. The summed E-state index contributed by atoms with van der Waals surface area (Å²) in [5.41, 5.74) is 5.46. The van der Waals surface area contributed by atoms with E-state index in [0.29, 0.717) is 112 Å². The number of fused-ring (bicyclic) bond motifs is 2. The van der Waals surface area contributed by atoms with Crippen LogP contribution in [-0.4, -0.2) is 92.1 Å². The topological polar surface area (TPSA) is 178 Å². The molecule has 0 saturated heterocycles. The van der Waals surface area contributed by atoms with Gasteiger partial charge in [0.15, 0.2) is 0 Å². The van der Waals surface area contributed by atoms with E-state index in [0.717, 1.165) is 0 Å². The number of methoxy groups -OCH3 is 10. The van der Waals surface area contributed by atoms with Crippen LogP contribution in [0.3, 0.4) is 0 Å². The zero-order chi connectivity index (χ0) is 49.9. The highest BCUT2D eigenvalue weighted by molar-refractivity contribution is 7.84. The van der Waals surface area contributed by atoms with Gasteiger partial charge in [0.25, 0.3) is 0 Å². The van der Waals surface area contributed by atoms with Crippen molar-refractivity contribution in [3.63, 3.8) is 0 Å². The fourth-order valence-corrected chi connectivity index (χ4v) is 14.3. The van der Waals surface area contributed by atoms with E-state index in [4.69, 9.17) is 47.4 Å². The molecule has 5 aromatic rings. The van der Waals surface area contributed by atoms with Crippen LogP contribution in [-0.2, 0) is 106 Å². The highest BCUT2D eigenvalue weighted by Gasteiger charge is 2.25. The highest BCUT2D eigenvalue weighted by Crippen LogP contribution is 2.39. The van der Waals surface area contributed by atoms with Crippen molar-refractivity contribution in [2.45, 2.75) is 56.7 Å². The van der Waals surface area contributed by atoms with Gasteiger partial charge in [-0.15, -0.1) is 0 Å². The van der Waals surface area contributed by atoms with Gasteiger partial charge in [-0.1, -0.05) is 0 Å². The number of ether oxygens (including phenoxy) is 10. The summed E-state index contributed by atoms with van der Waals surface area (Å²) < 4.78 is 128. The van der Waals surface area contributed by atoms with Gasteiger partial charge >= 0.3 is 0 Å². The summed E-state index contributed by atoms with van der Waals surface area (Å²) in [6, 6.07) is 17.3. The molecule has 4 unspecified atom stereocenters. The molecule has 13 rings (SSSR count). The molecule has 15 nitrogen and oxygen atoms in total. The Kier molecular flexibility index (Phi) is 19.0. The Labute approximate surface area is 416 Å². The lowest BCUT2D eigenvalue weighted by Crippen LogP contribution is -2.09. The molecule has 0 spiro atoms. The molecule has 0 saturated carbocycles. The van der Waals surface area contributed by atoms with E-state index in [1.54, 1.807) is 60.7 Å². The van der Waals surface area contributed by atoms with Gasteiger partial charge in [-0.3, -0.25) is 21.0 Å². The van der Waals surface area contributed by atoms with Crippen LogP contribution < -0.4 is 47.4 Å². The van der Waals surface area contributed by atoms with Gasteiger partial charge in [0.05, 0.1) is 139 Å². The van der Waals surface area contributed by atoms with Gasteiger partial charge in [0.1, 0.15) is 57.5 Å². The van der Waals surface area contributed by atoms with E-state index in [-0.39, 0.29) is 51.8 Å². The van der Waals surface area contributed by atoms with E-state index in [1.807, 2.05) is 0 Å². The van der Waals surface area contributed by atoms with Gasteiger partial charge < -0.3 is 47.4 Å². The predicted octanol–water partition coefficient (Wildman–Crippen LogP) is 7.19. The third kappa shape index (κ3) is 12.8. The molecule has 8 heterocycles. The van der Waals surface area contributed by atoms with E-state index in [1.165, 1.54) is 71.1 Å². The molecule has 69 heavy (non-hydrogen) atoms. The van der Waals surface area contributed by atoms with Crippen LogP contribution in [0.25, 0.3) is 0 Å². The van der Waals surface area contributed by atoms with Crippen LogP contribution in [0.2, 0.25) is 0 Å². The summed E-state index contributed by atoms with van der Waals surface area (Å²) in [6.45, 7) is 0. The largest absolute Gasteiger partial charge is 0.496 e. The third-order valence-corrected chi connectivity index (χ3v) is 17.8. The second-order valence-electron chi connectivity index (χ2n) is 15.6. The van der Waals surface area contributed by atoms with Crippen LogP contribution in [0, 0.1) is 0 Å². The molecule has 0 fully saturated rings. The molecule has 0 radical (unpaired) electrons. The summed E-state index contributed by atoms with van der Waals surface area (Å²) in [7, 11) is 7.36. The first-order valence-corrected chi connectivity index (χ1v) is 28.5.